The van der Waals surface area contributed by atoms with E-state index in [0.29, 0.717) is 22.8 Å². The zero-order valence-corrected chi connectivity index (χ0v) is 14.8. The van der Waals surface area contributed by atoms with Crippen molar-refractivity contribution in [2.45, 2.75) is 33.7 Å². The van der Waals surface area contributed by atoms with Gasteiger partial charge in [0, 0.05) is 5.56 Å². The SMILES string of the molecule is Cc1nc(OCC(=O)N[C@@H](C)c2ccccc2)c2c(C)c(C)oc2n1. The molecule has 0 spiro atoms. The average molecular weight is 339 g/mol. The minimum atomic E-state index is -0.210. The number of nitrogens with one attached hydrogen (secondary N) is 1. The molecule has 3 aromatic rings. The van der Waals surface area contributed by atoms with Crippen LogP contribution in [0.4, 0.5) is 0 Å². The summed E-state index contributed by atoms with van der Waals surface area (Å²) in [5.41, 5.74) is 2.44. The Morgan fingerprint density at radius 2 is 1.92 bits per heavy atom. The van der Waals surface area contributed by atoms with E-state index in [1.807, 2.05) is 51.1 Å². The molecule has 0 saturated heterocycles. The standard InChI is InChI=1S/C19H21N3O3/c1-11-13(3)25-19-17(11)18(21-14(4)22-19)24-10-16(23)20-12(2)15-8-6-5-7-9-15/h5-9,12H,10H2,1-4H3,(H,20,23)/t12-/m0/s1. The molecule has 6 nitrogen and oxygen atoms in total. The summed E-state index contributed by atoms with van der Waals surface area (Å²) >= 11 is 0. The molecule has 0 aliphatic carbocycles. The Morgan fingerprint density at radius 1 is 1.20 bits per heavy atom. The number of ether oxygens (including phenoxy) is 1. The van der Waals surface area contributed by atoms with E-state index in [1.54, 1.807) is 6.92 Å². The number of nitrogens with zero attached hydrogens (tertiary/aromatic N) is 2. The van der Waals surface area contributed by atoms with Crippen LogP contribution in [0.15, 0.2) is 34.7 Å². The van der Waals surface area contributed by atoms with Crippen molar-refractivity contribution in [3.8, 4) is 5.88 Å². The summed E-state index contributed by atoms with van der Waals surface area (Å²) in [7, 11) is 0. The number of aromatic nitrogens is 2. The van der Waals surface area contributed by atoms with Gasteiger partial charge in [-0.05, 0) is 33.3 Å². The molecule has 0 radical (unpaired) electrons. The number of aryl methyl sites for hydroxylation is 3. The number of rotatable bonds is 5. The maximum absolute atomic E-state index is 12.2. The van der Waals surface area contributed by atoms with Crippen molar-refractivity contribution in [3.05, 3.63) is 53.0 Å². The molecule has 0 fully saturated rings. The van der Waals surface area contributed by atoms with E-state index in [1.165, 1.54) is 0 Å². The zero-order valence-electron chi connectivity index (χ0n) is 14.8. The minimum absolute atomic E-state index is 0.0950. The van der Waals surface area contributed by atoms with Gasteiger partial charge in [-0.15, -0.1) is 0 Å². The maximum Gasteiger partial charge on any atom is 0.258 e. The van der Waals surface area contributed by atoms with Gasteiger partial charge in [0.1, 0.15) is 17.0 Å². The van der Waals surface area contributed by atoms with E-state index >= 15 is 0 Å². The van der Waals surface area contributed by atoms with Crippen LogP contribution in [0.3, 0.4) is 0 Å². The van der Waals surface area contributed by atoms with Gasteiger partial charge in [0.25, 0.3) is 5.91 Å². The van der Waals surface area contributed by atoms with Crippen molar-refractivity contribution in [2.24, 2.45) is 0 Å². The van der Waals surface area contributed by atoms with Crippen LogP contribution >= 0.6 is 0 Å². The molecule has 130 valence electrons. The Kier molecular flexibility index (Phi) is 4.70. The van der Waals surface area contributed by atoms with Gasteiger partial charge in [0.2, 0.25) is 11.6 Å². The van der Waals surface area contributed by atoms with Gasteiger partial charge < -0.3 is 14.5 Å². The van der Waals surface area contributed by atoms with E-state index in [9.17, 15) is 4.79 Å². The molecule has 3 rings (SSSR count). The second kappa shape index (κ2) is 6.93. The first kappa shape index (κ1) is 17.0. The predicted octanol–water partition coefficient (Wildman–Crippen LogP) is 3.40. The number of amides is 1. The summed E-state index contributed by atoms with van der Waals surface area (Å²) in [5.74, 6) is 1.47. The van der Waals surface area contributed by atoms with Gasteiger partial charge >= 0.3 is 0 Å². The average Bonchev–Trinajstić information content (AvgIpc) is 2.87. The highest BCUT2D eigenvalue weighted by molar-refractivity contribution is 5.85. The highest BCUT2D eigenvalue weighted by Crippen LogP contribution is 2.30. The third-order valence-electron chi connectivity index (χ3n) is 4.12. The molecule has 0 saturated carbocycles. The Balaban J connectivity index is 1.71. The number of benzene rings is 1. The molecule has 1 amide bonds. The molecule has 0 aliphatic rings. The molecular formula is C19H21N3O3. The third-order valence-corrected chi connectivity index (χ3v) is 4.12. The lowest BCUT2D eigenvalue weighted by Crippen LogP contribution is -2.31. The lowest BCUT2D eigenvalue weighted by Gasteiger charge is -2.14. The van der Waals surface area contributed by atoms with E-state index < -0.39 is 0 Å². The van der Waals surface area contributed by atoms with Crippen LogP contribution in [0.1, 0.15) is 35.7 Å². The lowest BCUT2D eigenvalue weighted by molar-refractivity contribution is -0.123. The zero-order chi connectivity index (χ0) is 18.0. The van der Waals surface area contributed by atoms with Crippen molar-refractivity contribution in [1.29, 1.82) is 0 Å². The lowest BCUT2D eigenvalue weighted by atomic mass is 10.1. The number of carbonyl (C=O) groups is 1. The van der Waals surface area contributed by atoms with Crippen LogP contribution in [0.2, 0.25) is 0 Å². The van der Waals surface area contributed by atoms with Gasteiger partial charge in [-0.3, -0.25) is 4.79 Å². The van der Waals surface area contributed by atoms with Gasteiger partial charge in [0.15, 0.2) is 6.61 Å². The first-order valence-electron chi connectivity index (χ1n) is 8.17. The van der Waals surface area contributed by atoms with Crippen LogP contribution in [-0.4, -0.2) is 22.5 Å². The van der Waals surface area contributed by atoms with E-state index in [-0.39, 0.29) is 18.6 Å². The van der Waals surface area contributed by atoms with Crippen molar-refractivity contribution < 1.29 is 13.9 Å². The molecule has 1 N–H and O–H groups in total. The Morgan fingerprint density at radius 3 is 2.64 bits per heavy atom. The van der Waals surface area contributed by atoms with Crippen molar-refractivity contribution in [3.63, 3.8) is 0 Å². The van der Waals surface area contributed by atoms with Crippen LogP contribution in [-0.2, 0) is 4.79 Å². The predicted molar refractivity (Wildman–Crippen MR) is 94.5 cm³/mol. The largest absolute Gasteiger partial charge is 0.467 e. The van der Waals surface area contributed by atoms with Crippen molar-refractivity contribution >= 4 is 17.0 Å². The highest BCUT2D eigenvalue weighted by Gasteiger charge is 2.17. The second-order valence-electron chi connectivity index (χ2n) is 6.03. The first-order valence-corrected chi connectivity index (χ1v) is 8.17. The number of carbonyl (C=O) groups excluding carboxylic acids is 1. The topological polar surface area (TPSA) is 77.2 Å². The number of fused-ring (bicyclic) bond motifs is 1. The van der Waals surface area contributed by atoms with Crippen LogP contribution < -0.4 is 10.1 Å². The second-order valence-corrected chi connectivity index (χ2v) is 6.03. The highest BCUT2D eigenvalue weighted by atomic mass is 16.5. The van der Waals surface area contributed by atoms with Gasteiger partial charge in [0.05, 0.1) is 6.04 Å². The smallest absolute Gasteiger partial charge is 0.258 e. The van der Waals surface area contributed by atoms with E-state index in [4.69, 9.17) is 9.15 Å². The maximum atomic E-state index is 12.2. The molecular weight excluding hydrogens is 318 g/mol. The summed E-state index contributed by atoms with van der Waals surface area (Å²) in [4.78, 5) is 20.8. The van der Waals surface area contributed by atoms with Crippen molar-refractivity contribution in [1.82, 2.24) is 15.3 Å². The first-order chi connectivity index (χ1) is 12.0. The molecule has 2 heterocycles. The molecule has 0 aliphatic heterocycles. The summed E-state index contributed by atoms with van der Waals surface area (Å²) in [5, 5.41) is 3.63. The molecule has 6 heteroatoms. The molecule has 1 atom stereocenters. The number of hydrogen-bond acceptors (Lipinski definition) is 5. The number of furan rings is 1. The minimum Gasteiger partial charge on any atom is -0.467 e. The Labute approximate surface area is 146 Å². The third kappa shape index (κ3) is 3.63. The monoisotopic (exact) mass is 339 g/mol. The molecule has 25 heavy (non-hydrogen) atoms. The van der Waals surface area contributed by atoms with Gasteiger partial charge in [-0.1, -0.05) is 30.3 Å². The Hall–Kier alpha value is -2.89. The van der Waals surface area contributed by atoms with Gasteiger partial charge in [-0.2, -0.15) is 9.97 Å². The van der Waals surface area contributed by atoms with Gasteiger partial charge in [-0.25, -0.2) is 0 Å². The normalized spacial score (nSPS) is 12.2. The summed E-state index contributed by atoms with van der Waals surface area (Å²) < 4.78 is 11.3. The molecule has 0 unspecified atom stereocenters. The Bertz CT molecular complexity index is 903. The fraction of sp³-hybridized carbons (Fsp3) is 0.316. The quantitative estimate of drug-likeness (QED) is 0.771. The summed E-state index contributed by atoms with van der Waals surface area (Å²) in [6.07, 6.45) is 0. The van der Waals surface area contributed by atoms with Crippen molar-refractivity contribution in [2.75, 3.05) is 6.61 Å². The molecule has 1 aromatic carbocycles. The molecule has 2 aromatic heterocycles. The van der Waals surface area contributed by atoms with E-state index in [0.717, 1.165) is 16.9 Å². The fourth-order valence-corrected chi connectivity index (χ4v) is 2.66. The molecule has 0 bridgehead atoms. The van der Waals surface area contributed by atoms with Crippen LogP contribution in [0.5, 0.6) is 5.88 Å². The fourth-order valence-electron chi connectivity index (χ4n) is 2.66. The summed E-state index contributed by atoms with van der Waals surface area (Å²) in [6.45, 7) is 7.36. The van der Waals surface area contributed by atoms with Crippen LogP contribution in [0.25, 0.3) is 11.1 Å². The van der Waals surface area contributed by atoms with E-state index in [2.05, 4.69) is 15.3 Å². The number of hydrogen-bond donors (Lipinski definition) is 1. The summed E-state index contributed by atoms with van der Waals surface area (Å²) in [6, 6.07) is 9.68. The van der Waals surface area contributed by atoms with Crippen LogP contribution in [0, 0.1) is 20.8 Å².